The van der Waals surface area contributed by atoms with Crippen LogP contribution in [0.4, 0.5) is 10.1 Å². The summed E-state index contributed by atoms with van der Waals surface area (Å²) in [5.74, 6) is -0.230. The number of anilines is 1. The summed E-state index contributed by atoms with van der Waals surface area (Å²) in [4.78, 5) is 5.64. The van der Waals surface area contributed by atoms with Crippen LogP contribution in [0.3, 0.4) is 0 Å². The van der Waals surface area contributed by atoms with Crippen LogP contribution >= 0.6 is 0 Å². The molecule has 144 valence electrons. The summed E-state index contributed by atoms with van der Waals surface area (Å²) in [7, 11) is 2.07. The van der Waals surface area contributed by atoms with Gasteiger partial charge in [-0.3, -0.25) is 4.68 Å². The number of aromatic nitrogens is 4. The Morgan fingerprint density at radius 3 is 2.62 bits per heavy atom. The summed E-state index contributed by atoms with van der Waals surface area (Å²) < 4.78 is 15.7. The van der Waals surface area contributed by atoms with Gasteiger partial charge in [0, 0.05) is 52.8 Å². The minimum absolute atomic E-state index is 0.230. The van der Waals surface area contributed by atoms with Gasteiger partial charge in [-0.2, -0.15) is 0 Å². The first kappa shape index (κ1) is 17.4. The molecular formula is C23H20FN5. The van der Waals surface area contributed by atoms with Crippen molar-refractivity contribution in [1.82, 2.24) is 20.0 Å². The second-order valence-corrected chi connectivity index (χ2v) is 7.18. The summed E-state index contributed by atoms with van der Waals surface area (Å²) in [6.07, 6.45) is 3.54. The first-order chi connectivity index (χ1) is 14.2. The average molecular weight is 385 g/mol. The van der Waals surface area contributed by atoms with Crippen LogP contribution in [0.5, 0.6) is 0 Å². The third-order valence-electron chi connectivity index (χ3n) is 5.31. The number of hydrogen-bond donors (Lipinski definition) is 1. The van der Waals surface area contributed by atoms with E-state index in [0.29, 0.717) is 0 Å². The molecule has 0 saturated carbocycles. The third-order valence-corrected chi connectivity index (χ3v) is 5.31. The van der Waals surface area contributed by atoms with Crippen molar-refractivity contribution in [1.29, 1.82) is 0 Å². The molecule has 3 aromatic carbocycles. The molecule has 6 heteroatoms. The molecule has 0 radical (unpaired) electrons. The number of nitrogens with one attached hydrogen (secondary N) is 1. The van der Waals surface area contributed by atoms with E-state index in [-0.39, 0.29) is 5.82 Å². The summed E-state index contributed by atoms with van der Waals surface area (Å²) in [5, 5.41) is 9.83. The Morgan fingerprint density at radius 1 is 1.00 bits per heavy atom. The Bertz CT molecular complexity index is 1280. The molecule has 29 heavy (non-hydrogen) atoms. The monoisotopic (exact) mass is 385 g/mol. The lowest BCUT2D eigenvalue weighted by Crippen LogP contribution is -2.23. The lowest BCUT2D eigenvalue weighted by atomic mass is 10.00. The molecule has 5 aromatic rings. The summed E-state index contributed by atoms with van der Waals surface area (Å²) in [6.45, 7) is 1.50. The van der Waals surface area contributed by atoms with Crippen molar-refractivity contribution < 1.29 is 4.39 Å². The number of H-pyrrole nitrogens is 1. The van der Waals surface area contributed by atoms with Gasteiger partial charge < -0.3 is 9.88 Å². The van der Waals surface area contributed by atoms with E-state index in [1.165, 1.54) is 6.07 Å². The molecule has 2 heterocycles. The Balaban J connectivity index is 1.65. The molecule has 0 aliphatic carbocycles. The molecule has 0 fully saturated rings. The van der Waals surface area contributed by atoms with Gasteiger partial charge in [0.25, 0.3) is 0 Å². The van der Waals surface area contributed by atoms with E-state index in [4.69, 9.17) is 0 Å². The molecule has 0 bridgehead atoms. The zero-order valence-corrected chi connectivity index (χ0v) is 16.0. The number of likely N-dealkylation sites (N-methyl/N-ethyl adjacent to an activating group) is 1. The van der Waals surface area contributed by atoms with Crippen LogP contribution in [0.25, 0.3) is 32.9 Å². The van der Waals surface area contributed by atoms with Gasteiger partial charge in [-0.05, 0) is 35.9 Å². The van der Waals surface area contributed by atoms with Crippen molar-refractivity contribution in [2.75, 3.05) is 18.5 Å². The summed E-state index contributed by atoms with van der Waals surface area (Å²) >= 11 is 0. The average Bonchev–Trinajstić information content (AvgIpc) is 3.39. The number of halogens is 1. The summed E-state index contributed by atoms with van der Waals surface area (Å²) in [5.41, 5.74) is 5.29. The van der Waals surface area contributed by atoms with Crippen molar-refractivity contribution >= 4 is 27.5 Å². The standard InChI is InChI=1S/C23H20FN5/c1-28(11-12-29-10-9-25-27-29)23-15-20-19-13-17(24)7-8-21(19)26-22(20)14-18(23)16-5-3-2-4-6-16/h2-10,13-15,26H,11-12H2,1H3. The van der Waals surface area contributed by atoms with Crippen molar-refractivity contribution in [3.63, 3.8) is 0 Å². The van der Waals surface area contributed by atoms with E-state index in [1.54, 1.807) is 18.3 Å². The Labute approximate surface area is 167 Å². The lowest BCUT2D eigenvalue weighted by molar-refractivity contribution is 0.588. The minimum atomic E-state index is -0.230. The van der Waals surface area contributed by atoms with E-state index in [9.17, 15) is 4.39 Å². The van der Waals surface area contributed by atoms with Crippen molar-refractivity contribution in [2.24, 2.45) is 0 Å². The van der Waals surface area contributed by atoms with Gasteiger partial charge in [0.2, 0.25) is 0 Å². The largest absolute Gasteiger partial charge is 0.372 e. The normalized spacial score (nSPS) is 11.4. The topological polar surface area (TPSA) is 49.7 Å². The maximum absolute atomic E-state index is 13.9. The van der Waals surface area contributed by atoms with Crippen LogP contribution in [-0.4, -0.2) is 33.6 Å². The number of benzene rings is 3. The zero-order valence-electron chi connectivity index (χ0n) is 16.0. The van der Waals surface area contributed by atoms with E-state index in [2.05, 4.69) is 51.5 Å². The van der Waals surface area contributed by atoms with Crippen LogP contribution in [0, 0.1) is 5.82 Å². The highest BCUT2D eigenvalue weighted by atomic mass is 19.1. The fourth-order valence-electron chi connectivity index (χ4n) is 3.80. The molecule has 5 nitrogen and oxygen atoms in total. The lowest BCUT2D eigenvalue weighted by Gasteiger charge is -2.23. The number of aromatic amines is 1. The Morgan fingerprint density at radius 2 is 1.83 bits per heavy atom. The van der Waals surface area contributed by atoms with Crippen LogP contribution in [-0.2, 0) is 6.54 Å². The fraction of sp³-hybridized carbons (Fsp3) is 0.130. The quantitative estimate of drug-likeness (QED) is 0.470. The van der Waals surface area contributed by atoms with Gasteiger partial charge in [-0.25, -0.2) is 4.39 Å². The van der Waals surface area contributed by atoms with Crippen LogP contribution in [0.1, 0.15) is 0 Å². The van der Waals surface area contributed by atoms with Gasteiger partial charge in [-0.1, -0.05) is 35.5 Å². The zero-order chi connectivity index (χ0) is 19.8. The van der Waals surface area contributed by atoms with Gasteiger partial charge in [0.15, 0.2) is 0 Å². The third kappa shape index (κ3) is 3.23. The molecule has 0 saturated heterocycles. The molecule has 5 rings (SSSR count). The second-order valence-electron chi connectivity index (χ2n) is 7.18. The van der Waals surface area contributed by atoms with Gasteiger partial charge >= 0.3 is 0 Å². The molecule has 0 aliphatic heterocycles. The van der Waals surface area contributed by atoms with Crippen molar-refractivity contribution in [3.05, 3.63) is 78.9 Å². The van der Waals surface area contributed by atoms with Gasteiger partial charge in [0.05, 0.1) is 12.7 Å². The SMILES string of the molecule is CN(CCn1ccnn1)c1cc2c(cc1-c1ccccc1)[nH]c1ccc(F)cc12. The van der Waals surface area contributed by atoms with Crippen LogP contribution < -0.4 is 4.90 Å². The Kier molecular flexibility index (Phi) is 4.24. The first-order valence-electron chi connectivity index (χ1n) is 9.55. The fourth-order valence-corrected chi connectivity index (χ4v) is 3.80. The maximum atomic E-state index is 13.9. The maximum Gasteiger partial charge on any atom is 0.123 e. The Hall–Kier alpha value is -3.67. The van der Waals surface area contributed by atoms with Crippen molar-refractivity contribution in [2.45, 2.75) is 6.54 Å². The smallest absolute Gasteiger partial charge is 0.123 e. The molecule has 1 N–H and O–H groups in total. The molecule has 0 amide bonds. The van der Waals surface area contributed by atoms with E-state index < -0.39 is 0 Å². The number of fused-ring (bicyclic) bond motifs is 3. The van der Waals surface area contributed by atoms with Gasteiger partial charge in [-0.15, -0.1) is 5.10 Å². The predicted octanol–water partition coefficient (Wildman–Crippen LogP) is 4.86. The van der Waals surface area contributed by atoms with Crippen LogP contribution in [0.15, 0.2) is 73.1 Å². The van der Waals surface area contributed by atoms with Crippen LogP contribution in [0.2, 0.25) is 0 Å². The van der Waals surface area contributed by atoms with Gasteiger partial charge in [0.1, 0.15) is 5.82 Å². The number of hydrogen-bond acceptors (Lipinski definition) is 3. The molecule has 0 atom stereocenters. The minimum Gasteiger partial charge on any atom is -0.372 e. The summed E-state index contributed by atoms with van der Waals surface area (Å²) in [6, 6.07) is 19.5. The first-order valence-corrected chi connectivity index (χ1v) is 9.55. The number of rotatable bonds is 5. The molecule has 2 aromatic heterocycles. The molecule has 0 aliphatic rings. The van der Waals surface area contributed by atoms with Crippen molar-refractivity contribution in [3.8, 4) is 11.1 Å². The number of nitrogens with zero attached hydrogens (tertiary/aromatic N) is 4. The van der Waals surface area contributed by atoms with E-state index in [0.717, 1.165) is 51.7 Å². The van der Waals surface area contributed by atoms with E-state index >= 15 is 0 Å². The second kappa shape index (κ2) is 7.05. The highest BCUT2D eigenvalue weighted by molar-refractivity contribution is 6.10. The molecule has 0 spiro atoms. The highest BCUT2D eigenvalue weighted by Crippen LogP contribution is 2.37. The molecule has 0 unspecified atom stereocenters. The molecular weight excluding hydrogens is 365 g/mol. The highest BCUT2D eigenvalue weighted by Gasteiger charge is 2.15. The van der Waals surface area contributed by atoms with E-state index in [1.807, 2.05) is 29.1 Å². The predicted molar refractivity (Wildman–Crippen MR) is 114 cm³/mol.